The van der Waals surface area contributed by atoms with Gasteiger partial charge in [0.25, 0.3) is 0 Å². The molecule has 0 bridgehead atoms. The van der Waals surface area contributed by atoms with Crippen molar-refractivity contribution in [3.63, 3.8) is 0 Å². The first-order valence-electron chi connectivity index (χ1n) is 12.6. The summed E-state index contributed by atoms with van der Waals surface area (Å²) in [6, 6.07) is 4.74. The number of alkyl carbamates (subject to hydrolysis) is 1. The summed E-state index contributed by atoms with van der Waals surface area (Å²) < 4.78 is 10.0. The fraction of sp³-hybridized carbons (Fsp3) is 0.571. The molecule has 0 saturated carbocycles. The molecule has 0 radical (unpaired) electrons. The molecule has 2 N–H and O–H groups in total. The summed E-state index contributed by atoms with van der Waals surface area (Å²) in [5.74, 6) is 0.694. The van der Waals surface area contributed by atoms with Crippen molar-refractivity contribution in [2.45, 2.75) is 78.5 Å². The van der Waals surface area contributed by atoms with Gasteiger partial charge in [-0.2, -0.15) is 0 Å². The third-order valence-corrected chi connectivity index (χ3v) is 5.77. The molecule has 1 aromatic carbocycles. The van der Waals surface area contributed by atoms with E-state index in [-0.39, 0.29) is 19.0 Å². The molecule has 0 spiro atoms. The van der Waals surface area contributed by atoms with E-state index in [1.165, 1.54) is 12.0 Å². The van der Waals surface area contributed by atoms with Crippen molar-refractivity contribution in [2.24, 2.45) is 5.92 Å². The van der Waals surface area contributed by atoms with Crippen LogP contribution in [0.15, 0.2) is 24.3 Å². The van der Waals surface area contributed by atoms with E-state index in [9.17, 15) is 19.2 Å². The van der Waals surface area contributed by atoms with Crippen LogP contribution >= 0.6 is 0 Å². The second-order valence-electron chi connectivity index (χ2n) is 9.86. The van der Waals surface area contributed by atoms with Gasteiger partial charge in [0.15, 0.2) is 0 Å². The van der Waals surface area contributed by atoms with Crippen LogP contribution in [0.4, 0.5) is 4.79 Å². The second-order valence-corrected chi connectivity index (χ2v) is 9.86. The number of unbranched alkanes of at least 4 members (excludes halogenated alkanes) is 1. The molecule has 3 unspecified atom stereocenters. The Morgan fingerprint density at radius 3 is 2.22 bits per heavy atom. The molecule has 0 aliphatic rings. The SMILES string of the molecule is C#Cc1ccc(C(C(=O)NCC(=O)OC)N(CCCC)C(=O)C(NC(=O)OC(C)(C)C)C(C)CC)cc1. The molecule has 0 heterocycles. The van der Waals surface area contributed by atoms with Crippen molar-refractivity contribution in [1.82, 2.24) is 15.5 Å². The van der Waals surface area contributed by atoms with E-state index in [2.05, 4.69) is 21.3 Å². The van der Waals surface area contributed by atoms with Gasteiger partial charge in [-0.3, -0.25) is 14.4 Å². The number of nitrogens with zero attached hydrogens (tertiary/aromatic N) is 1. The van der Waals surface area contributed by atoms with E-state index in [1.54, 1.807) is 45.0 Å². The highest BCUT2D eigenvalue weighted by Gasteiger charge is 2.38. The van der Waals surface area contributed by atoms with Crippen LogP contribution in [-0.4, -0.2) is 60.6 Å². The fourth-order valence-electron chi connectivity index (χ4n) is 3.55. The van der Waals surface area contributed by atoms with Crippen molar-refractivity contribution in [1.29, 1.82) is 0 Å². The average molecular weight is 516 g/mol. The molecule has 0 aliphatic heterocycles. The lowest BCUT2D eigenvalue weighted by Gasteiger charge is -2.36. The van der Waals surface area contributed by atoms with Crippen LogP contribution in [0, 0.1) is 18.3 Å². The monoisotopic (exact) mass is 515 g/mol. The molecule has 0 aromatic heterocycles. The number of carbonyl (C=O) groups is 4. The summed E-state index contributed by atoms with van der Waals surface area (Å²) in [5.41, 5.74) is 0.392. The molecule has 204 valence electrons. The fourth-order valence-corrected chi connectivity index (χ4v) is 3.55. The Balaban J connectivity index is 3.51. The van der Waals surface area contributed by atoms with Gasteiger partial charge >= 0.3 is 12.1 Å². The Labute approximate surface area is 220 Å². The Morgan fingerprint density at radius 2 is 1.73 bits per heavy atom. The summed E-state index contributed by atoms with van der Waals surface area (Å²) >= 11 is 0. The van der Waals surface area contributed by atoms with Crippen molar-refractivity contribution in [3.8, 4) is 12.3 Å². The first-order valence-corrected chi connectivity index (χ1v) is 12.6. The van der Waals surface area contributed by atoms with Gasteiger partial charge in [0.05, 0.1) is 7.11 Å². The number of nitrogens with one attached hydrogen (secondary N) is 2. The zero-order valence-corrected chi connectivity index (χ0v) is 23.1. The molecule has 1 rings (SSSR count). The number of benzene rings is 1. The topological polar surface area (TPSA) is 114 Å². The smallest absolute Gasteiger partial charge is 0.408 e. The number of amides is 3. The number of esters is 1. The number of carbonyl (C=O) groups excluding carboxylic acids is 4. The third-order valence-electron chi connectivity index (χ3n) is 5.77. The van der Waals surface area contributed by atoms with E-state index in [4.69, 9.17) is 11.2 Å². The predicted octanol–water partition coefficient (Wildman–Crippen LogP) is 3.57. The molecule has 37 heavy (non-hydrogen) atoms. The lowest BCUT2D eigenvalue weighted by molar-refractivity contribution is -0.145. The zero-order valence-electron chi connectivity index (χ0n) is 23.1. The molecule has 0 aliphatic carbocycles. The summed E-state index contributed by atoms with van der Waals surface area (Å²) in [7, 11) is 1.22. The number of ether oxygens (including phenoxy) is 2. The minimum atomic E-state index is -1.07. The normalized spacial score (nSPS) is 13.4. The molecular formula is C28H41N3O6. The van der Waals surface area contributed by atoms with Crippen LogP contribution in [0.2, 0.25) is 0 Å². The van der Waals surface area contributed by atoms with Crippen LogP contribution in [0.25, 0.3) is 0 Å². The van der Waals surface area contributed by atoms with Gasteiger partial charge in [0.2, 0.25) is 11.8 Å². The van der Waals surface area contributed by atoms with Crippen LogP contribution < -0.4 is 10.6 Å². The molecule has 3 amide bonds. The molecule has 3 atom stereocenters. The first-order chi connectivity index (χ1) is 17.4. The van der Waals surface area contributed by atoms with Gasteiger partial charge < -0.3 is 25.0 Å². The Kier molecular flexibility index (Phi) is 12.7. The minimum absolute atomic E-state index is 0.244. The number of methoxy groups -OCH3 is 1. The second kappa shape index (κ2) is 14.9. The van der Waals surface area contributed by atoms with E-state index in [0.717, 1.165) is 6.42 Å². The van der Waals surface area contributed by atoms with Gasteiger partial charge in [-0.25, -0.2) is 4.79 Å². The molecule has 0 fully saturated rings. The van der Waals surface area contributed by atoms with Gasteiger partial charge in [-0.1, -0.05) is 51.7 Å². The van der Waals surface area contributed by atoms with Crippen LogP contribution in [-0.2, 0) is 23.9 Å². The highest BCUT2D eigenvalue weighted by atomic mass is 16.6. The van der Waals surface area contributed by atoms with E-state index in [0.29, 0.717) is 24.0 Å². The summed E-state index contributed by atoms with van der Waals surface area (Å²) in [6.45, 7) is 10.9. The largest absolute Gasteiger partial charge is 0.468 e. The first kappa shape index (κ1) is 31.5. The maximum absolute atomic E-state index is 14.0. The van der Waals surface area contributed by atoms with E-state index < -0.39 is 41.6 Å². The Bertz CT molecular complexity index is 962. The number of hydrogen-bond acceptors (Lipinski definition) is 6. The number of hydrogen-bond donors (Lipinski definition) is 2. The van der Waals surface area contributed by atoms with Gasteiger partial charge in [0, 0.05) is 12.1 Å². The molecular weight excluding hydrogens is 474 g/mol. The highest BCUT2D eigenvalue weighted by Crippen LogP contribution is 2.25. The lowest BCUT2D eigenvalue weighted by atomic mass is 9.95. The maximum Gasteiger partial charge on any atom is 0.408 e. The molecule has 0 saturated heterocycles. The molecule has 1 aromatic rings. The van der Waals surface area contributed by atoms with Gasteiger partial charge in [-0.15, -0.1) is 6.42 Å². The highest BCUT2D eigenvalue weighted by molar-refractivity contribution is 5.93. The number of rotatable bonds is 12. The van der Waals surface area contributed by atoms with Crippen LogP contribution in [0.1, 0.15) is 78.0 Å². The number of terminal acetylenes is 1. The van der Waals surface area contributed by atoms with E-state index >= 15 is 0 Å². The molecule has 9 heteroatoms. The maximum atomic E-state index is 14.0. The summed E-state index contributed by atoms with van der Waals surface area (Å²) in [5, 5.41) is 5.29. The van der Waals surface area contributed by atoms with Gasteiger partial charge in [-0.05, 0) is 50.8 Å². The van der Waals surface area contributed by atoms with Crippen LogP contribution in [0.3, 0.4) is 0 Å². The summed E-state index contributed by atoms with van der Waals surface area (Å²) in [4.78, 5) is 53.3. The quantitative estimate of drug-likeness (QED) is 0.325. The minimum Gasteiger partial charge on any atom is -0.468 e. The lowest BCUT2D eigenvalue weighted by Crippen LogP contribution is -2.55. The van der Waals surface area contributed by atoms with E-state index in [1.807, 2.05) is 20.8 Å². The van der Waals surface area contributed by atoms with Crippen molar-refractivity contribution in [2.75, 3.05) is 20.2 Å². The van der Waals surface area contributed by atoms with Gasteiger partial charge in [0.1, 0.15) is 24.2 Å². The van der Waals surface area contributed by atoms with Crippen molar-refractivity contribution in [3.05, 3.63) is 35.4 Å². The molecule has 9 nitrogen and oxygen atoms in total. The Morgan fingerprint density at radius 1 is 1.11 bits per heavy atom. The third kappa shape index (κ3) is 10.2. The van der Waals surface area contributed by atoms with Crippen molar-refractivity contribution < 1.29 is 28.7 Å². The predicted molar refractivity (Wildman–Crippen MR) is 141 cm³/mol. The standard InChI is InChI=1S/C28H41N3O6/c1-9-12-17-31(26(34)23(19(4)10-2)30-27(35)37-28(5,6)7)24(25(33)29-18-22(32)36-8)21-15-13-20(11-3)14-16-21/h3,13-16,19,23-24H,9-10,12,17-18H2,1-2,4-8H3,(H,29,33)(H,30,35). The van der Waals surface area contributed by atoms with Crippen molar-refractivity contribution >= 4 is 23.9 Å². The zero-order chi connectivity index (χ0) is 28.2. The Hall–Kier alpha value is -3.54. The summed E-state index contributed by atoms with van der Waals surface area (Å²) in [6.07, 6.45) is 6.76. The average Bonchev–Trinajstić information content (AvgIpc) is 2.86. The van der Waals surface area contributed by atoms with Crippen LogP contribution in [0.5, 0.6) is 0 Å².